The molecule has 114 valence electrons. The molecule has 2 fully saturated rings. The minimum Gasteiger partial charge on any atom is -0.324 e. The average Bonchev–Trinajstić information content (AvgIpc) is 3.09. The molecule has 1 N–H and O–H groups in total. The van der Waals surface area contributed by atoms with Crippen molar-refractivity contribution in [2.75, 3.05) is 13.1 Å². The van der Waals surface area contributed by atoms with Gasteiger partial charge in [0.2, 0.25) is 0 Å². The summed E-state index contributed by atoms with van der Waals surface area (Å²) in [6.07, 6.45) is 2.44. The number of hydrogen-bond acceptors (Lipinski definition) is 4. The minimum atomic E-state index is -0.769. The number of imide groups is 1. The van der Waals surface area contributed by atoms with Crippen molar-refractivity contribution in [3.63, 3.8) is 0 Å². The maximum atomic E-state index is 12.2. The maximum absolute atomic E-state index is 12.2. The van der Waals surface area contributed by atoms with E-state index in [-0.39, 0.29) is 11.9 Å². The van der Waals surface area contributed by atoms with E-state index < -0.39 is 5.54 Å². The molecule has 0 atom stereocenters. The first-order valence-corrected chi connectivity index (χ1v) is 8.31. The van der Waals surface area contributed by atoms with E-state index in [1.807, 2.05) is 0 Å². The fraction of sp³-hybridized carbons (Fsp3) is 0.600. The van der Waals surface area contributed by atoms with Gasteiger partial charge in [0, 0.05) is 25.7 Å². The van der Waals surface area contributed by atoms with Crippen molar-refractivity contribution < 1.29 is 9.59 Å². The molecule has 1 aromatic rings. The number of hydrogen-bond donors (Lipinski definition) is 1. The maximum Gasteiger partial charge on any atom is 0.325 e. The van der Waals surface area contributed by atoms with Gasteiger partial charge in [-0.2, -0.15) is 11.3 Å². The Bertz CT molecular complexity index is 537. The predicted octanol–water partition coefficient (Wildman–Crippen LogP) is 2.04. The van der Waals surface area contributed by atoms with Gasteiger partial charge in [0.15, 0.2) is 0 Å². The second-order valence-corrected chi connectivity index (χ2v) is 7.13. The zero-order valence-electron chi connectivity index (χ0n) is 12.5. The molecule has 1 aliphatic heterocycles. The van der Waals surface area contributed by atoms with Crippen molar-refractivity contribution in [1.82, 2.24) is 15.1 Å². The quantitative estimate of drug-likeness (QED) is 0.818. The van der Waals surface area contributed by atoms with Crippen LogP contribution in [0.4, 0.5) is 4.79 Å². The lowest BCUT2D eigenvalue weighted by atomic mass is 10.1. The van der Waals surface area contributed by atoms with E-state index in [1.54, 1.807) is 25.2 Å². The third-order valence-electron chi connectivity index (χ3n) is 4.08. The molecule has 1 saturated heterocycles. The van der Waals surface area contributed by atoms with Crippen LogP contribution in [-0.4, -0.2) is 46.4 Å². The van der Waals surface area contributed by atoms with Crippen LogP contribution in [0.3, 0.4) is 0 Å². The molecule has 0 radical (unpaired) electrons. The molecule has 0 aromatic carbocycles. The molecule has 1 aliphatic carbocycles. The van der Waals surface area contributed by atoms with Gasteiger partial charge < -0.3 is 5.32 Å². The van der Waals surface area contributed by atoms with Gasteiger partial charge in [-0.1, -0.05) is 0 Å². The molecule has 1 saturated carbocycles. The molecule has 3 amide bonds. The fourth-order valence-corrected chi connectivity index (χ4v) is 3.36. The summed E-state index contributed by atoms with van der Waals surface area (Å²) in [4.78, 5) is 27.8. The van der Waals surface area contributed by atoms with Crippen LogP contribution in [0, 0.1) is 0 Å². The lowest BCUT2D eigenvalue weighted by Crippen LogP contribution is -2.42. The summed E-state index contributed by atoms with van der Waals surface area (Å²) in [7, 11) is 0. The molecule has 0 bridgehead atoms. The summed E-state index contributed by atoms with van der Waals surface area (Å²) < 4.78 is 0. The van der Waals surface area contributed by atoms with Crippen LogP contribution < -0.4 is 5.32 Å². The van der Waals surface area contributed by atoms with Gasteiger partial charge in [0.05, 0.1) is 0 Å². The first kappa shape index (κ1) is 14.5. The number of nitrogens with one attached hydrogen (secondary N) is 1. The van der Waals surface area contributed by atoms with Gasteiger partial charge in [0.1, 0.15) is 5.54 Å². The van der Waals surface area contributed by atoms with Crippen molar-refractivity contribution in [2.45, 2.75) is 44.8 Å². The average molecular weight is 307 g/mol. The zero-order chi connectivity index (χ0) is 15.0. The molecule has 0 unspecified atom stereocenters. The molecule has 3 rings (SSSR count). The van der Waals surface area contributed by atoms with Crippen molar-refractivity contribution in [3.8, 4) is 0 Å². The Labute approximate surface area is 128 Å². The minimum absolute atomic E-state index is 0.126. The van der Waals surface area contributed by atoms with Crippen LogP contribution in [0.2, 0.25) is 0 Å². The van der Waals surface area contributed by atoms with Gasteiger partial charge in [-0.05, 0) is 49.1 Å². The summed E-state index contributed by atoms with van der Waals surface area (Å²) in [5.41, 5.74) is 0.541. The van der Waals surface area contributed by atoms with Crippen LogP contribution in [-0.2, 0) is 11.3 Å². The van der Waals surface area contributed by atoms with Gasteiger partial charge in [-0.15, -0.1) is 0 Å². The number of urea groups is 1. The van der Waals surface area contributed by atoms with E-state index in [1.165, 1.54) is 23.3 Å². The lowest BCUT2D eigenvalue weighted by Gasteiger charge is -2.24. The Morgan fingerprint density at radius 3 is 2.71 bits per heavy atom. The summed E-state index contributed by atoms with van der Waals surface area (Å²) in [6, 6.07) is 2.48. The SMILES string of the molecule is CC1(C)NC(=O)N(CCN(Cc2ccsc2)C2CC2)C1=O. The molecule has 2 aliphatic rings. The third kappa shape index (κ3) is 3.11. The normalized spacial score (nSPS) is 21.2. The molecule has 2 heterocycles. The first-order chi connectivity index (χ1) is 9.97. The number of carbonyl (C=O) groups is 2. The van der Waals surface area contributed by atoms with Crippen molar-refractivity contribution in [3.05, 3.63) is 22.4 Å². The Morgan fingerprint density at radius 2 is 2.19 bits per heavy atom. The van der Waals surface area contributed by atoms with Crippen molar-refractivity contribution in [1.29, 1.82) is 0 Å². The summed E-state index contributed by atoms with van der Waals surface area (Å²) in [5.74, 6) is -0.126. The largest absolute Gasteiger partial charge is 0.325 e. The van der Waals surface area contributed by atoms with Crippen LogP contribution >= 0.6 is 11.3 Å². The Balaban J connectivity index is 1.60. The van der Waals surface area contributed by atoms with E-state index >= 15 is 0 Å². The number of amides is 3. The molecular weight excluding hydrogens is 286 g/mol. The molecule has 6 heteroatoms. The fourth-order valence-electron chi connectivity index (χ4n) is 2.70. The topological polar surface area (TPSA) is 52.7 Å². The number of carbonyl (C=O) groups excluding carboxylic acids is 2. The molecule has 21 heavy (non-hydrogen) atoms. The highest BCUT2D eigenvalue weighted by molar-refractivity contribution is 7.07. The van der Waals surface area contributed by atoms with E-state index in [0.29, 0.717) is 12.6 Å². The highest BCUT2D eigenvalue weighted by Gasteiger charge is 2.44. The summed E-state index contributed by atoms with van der Waals surface area (Å²) in [6.45, 7) is 5.61. The van der Waals surface area contributed by atoms with Crippen LogP contribution in [0.1, 0.15) is 32.3 Å². The Morgan fingerprint density at radius 1 is 1.43 bits per heavy atom. The second kappa shape index (κ2) is 5.42. The third-order valence-corrected chi connectivity index (χ3v) is 4.82. The first-order valence-electron chi connectivity index (χ1n) is 7.36. The highest BCUT2D eigenvalue weighted by atomic mass is 32.1. The van der Waals surface area contributed by atoms with Crippen LogP contribution in [0.15, 0.2) is 16.8 Å². The molecular formula is C15H21N3O2S. The lowest BCUT2D eigenvalue weighted by molar-refractivity contribution is -0.130. The van der Waals surface area contributed by atoms with Gasteiger partial charge in [0.25, 0.3) is 5.91 Å². The van der Waals surface area contributed by atoms with Crippen LogP contribution in [0.25, 0.3) is 0 Å². The van der Waals surface area contributed by atoms with E-state index in [0.717, 1.165) is 13.1 Å². The predicted molar refractivity (Wildman–Crippen MR) is 82.1 cm³/mol. The van der Waals surface area contributed by atoms with Crippen molar-refractivity contribution >= 4 is 23.3 Å². The van der Waals surface area contributed by atoms with E-state index in [9.17, 15) is 9.59 Å². The summed E-state index contributed by atoms with van der Waals surface area (Å²) in [5, 5.41) is 6.97. The monoisotopic (exact) mass is 307 g/mol. The Hall–Kier alpha value is -1.40. The summed E-state index contributed by atoms with van der Waals surface area (Å²) >= 11 is 1.70. The van der Waals surface area contributed by atoms with E-state index in [2.05, 4.69) is 27.0 Å². The number of nitrogens with zero attached hydrogens (tertiary/aromatic N) is 2. The Kier molecular flexibility index (Phi) is 3.75. The second-order valence-electron chi connectivity index (χ2n) is 6.35. The number of thiophene rings is 1. The smallest absolute Gasteiger partial charge is 0.324 e. The molecule has 0 spiro atoms. The highest BCUT2D eigenvalue weighted by Crippen LogP contribution is 2.28. The standard InChI is InChI=1S/C15H21N3O2S/c1-15(2)13(19)18(14(20)16-15)7-6-17(12-3-4-12)9-11-5-8-21-10-11/h5,8,10,12H,3-4,6-7,9H2,1-2H3,(H,16,20). The van der Waals surface area contributed by atoms with E-state index in [4.69, 9.17) is 0 Å². The molecule has 5 nitrogen and oxygen atoms in total. The number of rotatable bonds is 6. The zero-order valence-corrected chi connectivity index (χ0v) is 13.3. The van der Waals surface area contributed by atoms with Crippen LogP contribution in [0.5, 0.6) is 0 Å². The van der Waals surface area contributed by atoms with Gasteiger partial charge >= 0.3 is 6.03 Å². The van der Waals surface area contributed by atoms with Gasteiger partial charge in [-0.3, -0.25) is 14.6 Å². The van der Waals surface area contributed by atoms with Gasteiger partial charge in [-0.25, -0.2) is 4.79 Å². The molecule has 1 aromatic heterocycles. The van der Waals surface area contributed by atoms with Crippen molar-refractivity contribution in [2.24, 2.45) is 0 Å².